The van der Waals surface area contributed by atoms with Gasteiger partial charge in [0.05, 0.1) is 24.6 Å². The van der Waals surface area contributed by atoms with Crippen LogP contribution in [0, 0.1) is 5.41 Å². The zero-order valence-corrected chi connectivity index (χ0v) is 21.4. The van der Waals surface area contributed by atoms with Crippen LogP contribution in [-0.2, 0) is 31.4 Å². The van der Waals surface area contributed by atoms with Crippen molar-refractivity contribution in [2.45, 2.75) is 39.2 Å². The average Bonchev–Trinajstić information content (AvgIpc) is 3.15. The Hall–Kier alpha value is -1.94. The highest BCUT2D eigenvalue weighted by molar-refractivity contribution is 7.78. The summed E-state index contributed by atoms with van der Waals surface area (Å²) in [5.41, 5.74) is 0.945. The van der Waals surface area contributed by atoms with E-state index in [0.717, 1.165) is 55.4 Å². The summed E-state index contributed by atoms with van der Waals surface area (Å²) in [5, 5.41) is 1.01. The van der Waals surface area contributed by atoms with E-state index >= 15 is 0 Å². The molecule has 3 rings (SSSR count). The number of rotatable bonds is 10. The molecule has 2 aromatic rings. The fourth-order valence-corrected chi connectivity index (χ4v) is 4.80. The monoisotopic (exact) mass is 479 g/mol. The highest BCUT2D eigenvalue weighted by atomic mass is 32.2. The number of ether oxygens (including phenoxy) is 2. The summed E-state index contributed by atoms with van der Waals surface area (Å²) < 4.78 is 31.6. The van der Waals surface area contributed by atoms with Gasteiger partial charge in [-0.2, -0.15) is 0 Å². The number of hydrogen-bond donors (Lipinski definition) is 0. The minimum absolute atomic E-state index is 0.0122. The van der Waals surface area contributed by atoms with Gasteiger partial charge in [-0.15, -0.1) is 0 Å². The molecule has 1 unspecified atom stereocenters. The molecule has 1 saturated heterocycles. The van der Waals surface area contributed by atoms with Crippen LogP contribution in [0.15, 0.2) is 24.4 Å². The van der Waals surface area contributed by atoms with E-state index in [9.17, 15) is 9.00 Å². The predicted molar refractivity (Wildman–Crippen MR) is 131 cm³/mol. The van der Waals surface area contributed by atoms with Crippen LogP contribution in [0.25, 0.3) is 10.9 Å². The van der Waals surface area contributed by atoms with Crippen LogP contribution in [0.2, 0.25) is 0 Å². The number of methoxy groups -OCH3 is 1. The number of esters is 1. The number of carbonyl (C=O) groups excluding carboxylic acids is 1. The summed E-state index contributed by atoms with van der Waals surface area (Å²) in [7, 11) is 7.72. The Balaban J connectivity index is 1.70. The fourth-order valence-electron chi connectivity index (χ4n) is 3.77. The molecule has 0 aliphatic carbocycles. The quantitative estimate of drug-likeness (QED) is 0.485. The summed E-state index contributed by atoms with van der Waals surface area (Å²) in [6.07, 6.45) is 4.27. The molecule has 1 aromatic heterocycles. The normalized spacial score (nSPS) is 16.9. The van der Waals surface area contributed by atoms with Crippen LogP contribution in [0.4, 0.5) is 0 Å². The summed E-state index contributed by atoms with van der Waals surface area (Å²) in [5.74, 6) is 0.361. The van der Waals surface area contributed by atoms with Gasteiger partial charge in [0.1, 0.15) is 11.9 Å². The average molecular weight is 480 g/mol. The topological polar surface area (TPSA) is 73.2 Å². The smallest absolute Gasteiger partial charge is 0.314 e. The van der Waals surface area contributed by atoms with Crippen LogP contribution in [0.3, 0.4) is 0 Å². The summed E-state index contributed by atoms with van der Waals surface area (Å²) in [6, 6.07) is 5.74. The minimum Gasteiger partial charge on any atom is -0.497 e. The Morgan fingerprint density at radius 2 is 1.94 bits per heavy atom. The number of benzene rings is 1. The maximum absolute atomic E-state index is 13.1. The van der Waals surface area contributed by atoms with Gasteiger partial charge in [0.15, 0.2) is 0 Å². The van der Waals surface area contributed by atoms with Crippen molar-refractivity contribution >= 4 is 28.1 Å². The van der Waals surface area contributed by atoms with Gasteiger partial charge in [0.25, 0.3) is 11.3 Å². The summed E-state index contributed by atoms with van der Waals surface area (Å²) in [4.78, 5) is 17.1. The van der Waals surface area contributed by atoms with Crippen LogP contribution in [0.1, 0.15) is 32.3 Å². The van der Waals surface area contributed by atoms with Gasteiger partial charge < -0.3 is 19.3 Å². The Labute approximate surface area is 199 Å². The van der Waals surface area contributed by atoms with Crippen molar-refractivity contribution in [1.82, 2.24) is 13.8 Å². The third-order valence-corrected chi connectivity index (χ3v) is 7.01. The molecule has 1 aromatic carbocycles. The molecule has 0 spiro atoms. The number of fused-ring (bicyclic) bond motifs is 1. The van der Waals surface area contributed by atoms with Crippen molar-refractivity contribution in [3.8, 4) is 5.75 Å². The van der Waals surface area contributed by atoms with Crippen molar-refractivity contribution in [2.24, 2.45) is 5.41 Å². The third-order valence-electron chi connectivity index (χ3n) is 6.06. The van der Waals surface area contributed by atoms with Crippen molar-refractivity contribution in [2.75, 3.05) is 54.5 Å². The number of nitrogens with zero attached hydrogens (tertiary/aromatic N) is 3. The molecule has 1 aliphatic rings. The lowest BCUT2D eigenvalue weighted by atomic mass is 9.95. The molecule has 0 N–H and O–H groups in total. The minimum atomic E-state index is -1.80. The predicted octanol–water partition coefficient (Wildman–Crippen LogP) is 2.86. The van der Waals surface area contributed by atoms with Crippen molar-refractivity contribution in [3.05, 3.63) is 30.0 Å². The number of piperidine rings is 1. The SMILES string of the molecule is COc1ccc2c(CCN(C)C)cn(S(=O)OCC(C)(C)C(=O)OC3CCN(C)CC3)c2c1. The molecule has 184 valence electrons. The third kappa shape index (κ3) is 6.56. The van der Waals surface area contributed by atoms with E-state index in [-0.39, 0.29) is 18.7 Å². The van der Waals surface area contributed by atoms with E-state index < -0.39 is 16.7 Å². The molecule has 9 heteroatoms. The lowest BCUT2D eigenvalue weighted by Gasteiger charge is -2.31. The Kier molecular flexibility index (Phi) is 8.55. The zero-order chi connectivity index (χ0) is 24.2. The molecule has 0 bridgehead atoms. The van der Waals surface area contributed by atoms with Gasteiger partial charge in [0, 0.05) is 37.3 Å². The van der Waals surface area contributed by atoms with E-state index in [1.807, 2.05) is 38.5 Å². The van der Waals surface area contributed by atoms with Crippen molar-refractivity contribution in [3.63, 3.8) is 0 Å². The van der Waals surface area contributed by atoms with Gasteiger partial charge in [-0.1, -0.05) is 0 Å². The number of hydrogen-bond acceptors (Lipinski definition) is 7. The number of aromatic nitrogens is 1. The van der Waals surface area contributed by atoms with Gasteiger partial charge in [-0.05, 0) is 71.9 Å². The highest BCUT2D eigenvalue weighted by Gasteiger charge is 2.34. The summed E-state index contributed by atoms with van der Waals surface area (Å²) in [6.45, 7) is 6.22. The van der Waals surface area contributed by atoms with E-state index in [1.54, 1.807) is 24.9 Å². The zero-order valence-electron chi connectivity index (χ0n) is 20.6. The van der Waals surface area contributed by atoms with Gasteiger partial charge in [0.2, 0.25) is 0 Å². The second-order valence-electron chi connectivity index (χ2n) is 9.69. The maximum atomic E-state index is 13.1. The standard InChI is InChI=1S/C24H37N3O5S/c1-24(2,23(28)32-19-10-13-26(5)14-11-19)17-31-33(29)27-16-18(9-12-25(3)4)21-8-7-20(30-6)15-22(21)27/h7-8,15-16,19H,9-14,17H2,1-6H3. The van der Waals surface area contributed by atoms with E-state index in [4.69, 9.17) is 13.7 Å². The number of carbonyl (C=O) groups is 1. The molecule has 1 atom stereocenters. The molecule has 0 saturated carbocycles. The van der Waals surface area contributed by atoms with Crippen molar-refractivity contribution < 1.29 is 22.7 Å². The molecule has 0 amide bonds. The lowest BCUT2D eigenvalue weighted by molar-refractivity contribution is -0.163. The maximum Gasteiger partial charge on any atom is 0.314 e. The second-order valence-corrected chi connectivity index (χ2v) is 10.8. The van der Waals surface area contributed by atoms with E-state index in [1.165, 1.54) is 0 Å². The van der Waals surface area contributed by atoms with E-state index in [0.29, 0.717) is 5.75 Å². The van der Waals surface area contributed by atoms with Gasteiger partial charge in [-0.25, -0.2) is 8.18 Å². The molecular formula is C24H37N3O5S. The van der Waals surface area contributed by atoms with Crippen LogP contribution in [0.5, 0.6) is 5.75 Å². The lowest BCUT2D eigenvalue weighted by Crippen LogP contribution is -2.39. The number of likely N-dealkylation sites (N-methyl/N-ethyl adjacent to an activating group) is 1. The van der Waals surface area contributed by atoms with Crippen molar-refractivity contribution in [1.29, 1.82) is 0 Å². The second kappa shape index (κ2) is 11.0. The number of likely N-dealkylation sites (tertiary alicyclic amines) is 1. The fraction of sp³-hybridized carbons (Fsp3) is 0.625. The molecule has 1 fully saturated rings. The molecule has 8 nitrogen and oxygen atoms in total. The summed E-state index contributed by atoms with van der Waals surface area (Å²) >= 11 is -1.80. The highest BCUT2D eigenvalue weighted by Crippen LogP contribution is 2.28. The van der Waals surface area contributed by atoms with Gasteiger partial charge >= 0.3 is 5.97 Å². The molecular weight excluding hydrogens is 442 g/mol. The van der Waals surface area contributed by atoms with E-state index in [2.05, 4.69) is 16.8 Å². The first-order chi connectivity index (χ1) is 15.6. The van der Waals surface area contributed by atoms with Crippen LogP contribution >= 0.6 is 0 Å². The van der Waals surface area contributed by atoms with Crippen LogP contribution in [-0.4, -0.2) is 84.5 Å². The Morgan fingerprint density at radius 3 is 2.58 bits per heavy atom. The Morgan fingerprint density at radius 1 is 1.24 bits per heavy atom. The first kappa shape index (κ1) is 25.7. The first-order valence-electron chi connectivity index (χ1n) is 11.4. The van der Waals surface area contributed by atoms with Gasteiger partial charge in [-0.3, -0.25) is 8.98 Å². The van der Waals surface area contributed by atoms with Crippen LogP contribution < -0.4 is 4.74 Å². The molecule has 33 heavy (non-hydrogen) atoms. The largest absolute Gasteiger partial charge is 0.497 e. The Bertz CT molecular complexity index is 980. The molecule has 0 radical (unpaired) electrons. The molecule has 1 aliphatic heterocycles. The first-order valence-corrected chi connectivity index (χ1v) is 12.4. The molecule has 2 heterocycles.